The van der Waals surface area contributed by atoms with Crippen LogP contribution in [0.4, 0.5) is 0 Å². The number of hydrogen-bond donors (Lipinski definition) is 3. The van der Waals surface area contributed by atoms with E-state index in [1.807, 2.05) is 16.8 Å². The Bertz CT molecular complexity index is 487. The lowest BCUT2D eigenvalue weighted by Gasteiger charge is -2.14. The van der Waals surface area contributed by atoms with Crippen LogP contribution >= 0.6 is 22.9 Å². The van der Waals surface area contributed by atoms with Crippen molar-refractivity contribution in [2.75, 3.05) is 13.1 Å². The van der Waals surface area contributed by atoms with E-state index in [1.54, 1.807) is 35.6 Å². The van der Waals surface area contributed by atoms with E-state index in [9.17, 15) is 10.2 Å². The predicted molar refractivity (Wildman–Crippen MR) is 78.6 cm³/mol. The van der Waals surface area contributed by atoms with Crippen LogP contribution in [0.2, 0.25) is 5.02 Å². The van der Waals surface area contributed by atoms with E-state index in [1.165, 1.54) is 0 Å². The van der Waals surface area contributed by atoms with Crippen molar-refractivity contribution in [1.82, 2.24) is 5.32 Å². The Balaban J connectivity index is 1.77. The molecule has 0 fully saturated rings. The van der Waals surface area contributed by atoms with Crippen LogP contribution in [0, 0.1) is 0 Å². The molecule has 2 unspecified atom stereocenters. The van der Waals surface area contributed by atoms with Gasteiger partial charge in [-0.3, -0.25) is 0 Å². The molecular weight excluding hydrogens is 282 g/mol. The zero-order valence-electron chi connectivity index (χ0n) is 10.3. The monoisotopic (exact) mass is 297 g/mol. The Morgan fingerprint density at radius 1 is 1.00 bits per heavy atom. The number of benzene rings is 1. The van der Waals surface area contributed by atoms with Crippen LogP contribution in [0.15, 0.2) is 41.1 Å². The van der Waals surface area contributed by atoms with E-state index < -0.39 is 12.2 Å². The summed E-state index contributed by atoms with van der Waals surface area (Å²) in [4.78, 5) is 0. The first-order valence-corrected chi connectivity index (χ1v) is 7.33. The topological polar surface area (TPSA) is 52.5 Å². The second kappa shape index (κ2) is 7.03. The summed E-state index contributed by atoms with van der Waals surface area (Å²) in [5.74, 6) is 0. The van der Waals surface area contributed by atoms with Crippen molar-refractivity contribution < 1.29 is 10.2 Å². The summed E-state index contributed by atoms with van der Waals surface area (Å²) >= 11 is 7.35. The number of hydrogen-bond acceptors (Lipinski definition) is 4. The van der Waals surface area contributed by atoms with Crippen LogP contribution in [-0.4, -0.2) is 23.3 Å². The highest BCUT2D eigenvalue weighted by Gasteiger charge is 2.10. The van der Waals surface area contributed by atoms with Gasteiger partial charge >= 0.3 is 0 Å². The molecule has 0 radical (unpaired) electrons. The summed E-state index contributed by atoms with van der Waals surface area (Å²) in [7, 11) is 0. The minimum absolute atomic E-state index is 0.392. The number of halogens is 1. The highest BCUT2D eigenvalue weighted by Crippen LogP contribution is 2.17. The summed E-state index contributed by atoms with van der Waals surface area (Å²) in [5, 5.41) is 27.4. The van der Waals surface area contributed by atoms with Gasteiger partial charge in [0.2, 0.25) is 0 Å². The number of thiophene rings is 1. The van der Waals surface area contributed by atoms with Crippen molar-refractivity contribution in [2.45, 2.75) is 12.2 Å². The van der Waals surface area contributed by atoms with Crippen LogP contribution in [0.3, 0.4) is 0 Å². The van der Waals surface area contributed by atoms with E-state index in [0.717, 1.165) is 11.1 Å². The molecule has 0 amide bonds. The molecule has 0 aliphatic carbocycles. The van der Waals surface area contributed by atoms with Crippen LogP contribution in [0.25, 0.3) is 0 Å². The van der Waals surface area contributed by atoms with Gasteiger partial charge in [0.15, 0.2) is 0 Å². The predicted octanol–water partition coefficient (Wildman–Crippen LogP) is 2.76. The van der Waals surface area contributed by atoms with Crippen molar-refractivity contribution in [1.29, 1.82) is 0 Å². The third-order valence-corrected chi connectivity index (χ3v) is 3.81. The molecule has 2 rings (SSSR count). The summed E-state index contributed by atoms with van der Waals surface area (Å²) in [6.07, 6.45) is -1.14. The fourth-order valence-corrected chi connectivity index (χ4v) is 2.58. The lowest BCUT2D eigenvalue weighted by molar-refractivity contribution is 0.147. The Kier molecular flexibility index (Phi) is 5.36. The molecule has 0 saturated heterocycles. The molecule has 5 heteroatoms. The van der Waals surface area contributed by atoms with Crippen molar-refractivity contribution in [2.24, 2.45) is 0 Å². The minimum atomic E-state index is -0.605. The molecule has 2 atom stereocenters. The van der Waals surface area contributed by atoms with Gasteiger partial charge in [-0.25, -0.2) is 0 Å². The molecule has 0 spiro atoms. The van der Waals surface area contributed by atoms with Crippen LogP contribution < -0.4 is 5.32 Å². The molecule has 1 heterocycles. The van der Waals surface area contributed by atoms with Crippen molar-refractivity contribution in [3.05, 3.63) is 57.2 Å². The van der Waals surface area contributed by atoms with Crippen LogP contribution in [0.5, 0.6) is 0 Å². The Hall–Kier alpha value is -0.910. The normalized spacial score (nSPS) is 14.3. The lowest BCUT2D eigenvalue weighted by atomic mass is 10.1. The number of aliphatic hydroxyl groups excluding tert-OH is 2. The van der Waals surface area contributed by atoms with Crippen LogP contribution in [-0.2, 0) is 0 Å². The molecule has 0 aliphatic rings. The van der Waals surface area contributed by atoms with E-state index in [4.69, 9.17) is 11.6 Å². The third-order valence-electron chi connectivity index (χ3n) is 2.86. The second-order valence-corrected chi connectivity index (χ2v) is 5.51. The first-order chi connectivity index (χ1) is 9.16. The Morgan fingerprint density at radius 2 is 1.63 bits per heavy atom. The zero-order valence-corrected chi connectivity index (χ0v) is 11.9. The second-order valence-electron chi connectivity index (χ2n) is 4.30. The maximum atomic E-state index is 9.97. The van der Waals surface area contributed by atoms with E-state index >= 15 is 0 Å². The lowest BCUT2D eigenvalue weighted by Crippen LogP contribution is -2.26. The van der Waals surface area contributed by atoms with E-state index in [2.05, 4.69) is 5.32 Å². The van der Waals surface area contributed by atoms with Gasteiger partial charge in [0.25, 0.3) is 0 Å². The van der Waals surface area contributed by atoms with Gasteiger partial charge in [0.1, 0.15) is 0 Å². The zero-order chi connectivity index (χ0) is 13.7. The average Bonchev–Trinajstić information content (AvgIpc) is 2.93. The van der Waals surface area contributed by atoms with Crippen molar-refractivity contribution in [3.8, 4) is 0 Å². The Labute approximate surface area is 121 Å². The summed E-state index contributed by atoms with van der Waals surface area (Å²) in [6, 6.07) is 8.99. The smallest absolute Gasteiger partial charge is 0.0922 e. The Morgan fingerprint density at radius 3 is 2.21 bits per heavy atom. The summed E-state index contributed by atoms with van der Waals surface area (Å²) in [5.41, 5.74) is 1.71. The maximum absolute atomic E-state index is 9.97. The van der Waals surface area contributed by atoms with Crippen molar-refractivity contribution >= 4 is 22.9 Å². The van der Waals surface area contributed by atoms with Gasteiger partial charge in [-0.1, -0.05) is 23.7 Å². The quantitative estimate of drug-likeness (QED) is 0.768. The highest BCUT2D eigenvalue weighted by molar-refractivity contribution is 7.07. The van der Waals surface area contributed by atoms with Gasteiger partial charge < -0.3 is 15.5 Å². The molecule has 0 saturated carbocycles. The first-order valence-electron chi connectivity index (χ1n) is 6.01. The van der Waals surface area contributed by atoms with Gasteiger partial charge in [-0.2, -0.15) is 11.3 Å². The van der Waals surface area contributed by atoms with Crippen LogP contribution in [0.1, 0.15) is 23.3 Å². The molecule has 1 aromatic heterocycles. The number of rotatable bonds is 6. The molecular formula is C14H16ClNO2S. The molecule has 2 aromatic rings. The molecule has 3 nitrogen and oxygen atoms in total. The minimum Gasteiger partial charge on any atom is -0.387 e. The van der Waals surface area contributed by atoms with E-state index in [0.29, 0.717) is 18.1 Å². The number of nitrogens with one attached hydrogen (secondary N) is 1. The first kappa shape index (κ1) is 14.5. The maximum Gasteiger partial charge on any atom is 0.0922 e. The molecule has 1 aromatic carbocycles. The largest absolute Gasteiger partial charge is 0.387 e. The molecule has 3 N–H and O–H groups in total. The third kappa shape index (κ3) is 4.30. The van der Waals surface area contributed by atoms with Gasteiger partial charge in [0, 0.05) is 18.1 Å². The van der Waals surface area contributed by atoms with Gasteiger partial charge in [-0.05, 0) is 40.1 Å². The van der Waals surface area contributed by atoms with E-state index in [-0.39, 0.29) is 0 Å². The SMILES string of the molecule is OC(CNCC(O)c1ccsc1)c1ccc(Cl)cc1. The van der Waals surface area contributed by atoms with Crippen molar-refractivity contribution in [3.63, 3.8) is 0 Å². The highest BCUT2D eigenvalue weighted by atomic mass is 35.5. The molecule has 0 bridgehead atoms. The van der Waals surface area contributed by atoms with Gasteiger partial charge in [-0.15, -0.1) is 0 Å². The fraction of sp³-hybridized carbons (Fsp3) is 0.286. The van der Waals surface area contributed by atoms with Gasteiger partial charge in [0.05, 0.1) is 12.2 Å². The molecule has 19 heavy (non-hydrogen) atoms. The summed E-state index contributed by atoms with van der Waals surface area (Å²) < 4.78 is 0. The average molecular weight is 298 g/mol. The molecule has 102 valence electrons. The number of aliphatic hydroxyl groups is 2. The molecule has 0 aliphatic heterocycles. The standard InChI is InChI=1S/C14H16ClNO2S/c15-12-3-1-10(2-4-12)13(17)7-16-8-14(18)11-5-6-19-9-11/h1-6,9,13-14,16-18H,7-8H2. The fourth-order valence-electron chi connectivity index (χ4n) is 1.74. The summed E-state index contributed by atoms with van der Waals surface area (Å²) in [6.45, 7) is 0.810.